The molecule has 4 rings (SSSR count). The van der Waals surface area contributed by atoms with Crippen molar-refractivity contribution in [3.63, 3.8) is 0 Å². The fraction of sp³-hybridized carbons (Fsp3) is 0.381. The minimum atomic E-state index is -3.35. The van der Waals surface area contributed by atoms with Crippen molar-refractivity contribution < 1.29 is 49.6 Å². The number of Topliss-reactive ketones (excluding diaryl/α,β-unsaturated/α-hetero) is 1. The summed E-state index contributed by atoms with van der Waals surface area (Å²) in [7, 11) is 1.44. The molecule has 2 aliphatic rings. The smallest absolute Gasteiger partial charge is 0.230 e. The number of hydrogen-bond acceptors (Lipinski definition) is 10. The molecule has 6 N–H and O–H groups in total. The van der Waals surface area contributed by atoms with Crippen molar-refractivity contribution in [2.45, 2.75) is 35.5 Å². The Morgan fingerprint density at radius 2 is 1.68 bits per heavy atom. The lowest BCUT2D eigenvalue weighted by Gasteiger charge is -2.55. The van der Waals surface area contributed by atoms with Crippen LogP contribution in [0, 0.1) is 0 Å². The van der Waals surface area contributed by atoms with Crippen molar-refractivity contribution in [2.75, 3.05) is 13.7 Å². The number of benzene rings is 2. The van der Waals surface area contributed by atoms with Crippen LogP contribution in [-0.2, 0) is 10.3 Å². The van der Waals surface area contributed by atoms with Gasteiger partial charge in [0, 0.05) is 5.56 Å². The third kappa shape index (κ3) is 2.74. The van der Waals surface area contributed by atoms with Gasteiger partial charge in [0.2, 0.25) is 17.2 Å². The number of rotatable bonds is 4. The first-order valence-electron chi connectivity index (χ1n) is 9.40. The number of methoxy groups -OCH3 is 1. The first-order valence-corrected chi connectivity index (χ1v) is 9.40. The summed E-state index contributed by atoms with van der Waals surface area (Å²) in [6.45, 7) is -1.19. The molecule has 2 aliphatic heterocycles. The van der Waals surface area contributed by atoms with Crippen LogP contribution in [0.4, 0.5) is 0 Å². The zero-order valence-corrected chi connectivity index (χ0v) is 16.4. The van der Waals surface area contributed by atoms with E-state index in [0.717, 1.165) is 0 Å². The Morgan fingerprint density at radius 3 is 2.26 bits per heavy atom. The highest BCUT2D eigenvalue weighted by molar-refractivity contribution is 6.09. The van der Waals surface area contributed by atoms with E-state index in [4.69, 9.17) is 14.2 Å². The quantitative estimate of drug-likeness (QED) is 0.317. The van der Waals surface area contributed by atoms with Crippen LogP contribution in [0.1, 0.15) is 15.9 Å². The monoisotopic (exact) mass is 434 g/mol. The first kappa shape index (κ1) is 21.7. The molecule has 10 nitrogen and oxygen atoms in total. The van der Waals surface area contributed by atoms with E-state index in [1.165, 1.54) is 43.5 Å². The van der Waals surface area contributed by atoms with E-state index in [-0.39, 0.29) is 16.9 Å². The summed E-state index contributed by atoms with van der Waals surface area (Å²) in [5, 5.41) is 62.2. The van der Waals surface area contributed by atoms with Crippen LogP contribution in [0.25, 0.3) is 0 Å². The molecule has 1 fully saturated rings. The molecule has 166 valence electrons. The number of ether oxygens (including phenoxy) is 3. The van der Waals surface area contributed by atoms with Gasteiger partial charge in [-0.05, 0) is 24.3 Å². The molecule has 2 aromatic carbocycles. The van der Waals surface area contributed by atoms with E-state index in [1.54, 1.807) is 12.1 Å². The van der Waals surface area contributed by atoms with Gasteiger partial charge < -0.3 is 44.8 Å². The third-order valence-electron chi connectivity index (χ3n) is 5.92. The number of aliphatic hydroxyl groups excluding tert-OH is 4. The molecule has 10 heteroatoms. The minimum absolute atomic E-state index is 0.0713. The van der Waals surface area contributed by atoms with Crippen molar-refractivity contribution in [2.24, 2.45) is 0 Å². The molecular weight excluding hydrogens is 412 g/mol. The zero-order chi connectivity index (χ0) is 22.6. The van der Waals surface area contributed by atoms with Crippen LogP contribution >= 0.6 is 0 Å². The third-order valence-corrected chi connectivity index (χ3v) is 5.92. The number of carbonyl (C=O) groups excluding carboxylic acids is 1. The maximum atomic E-state index is 13.7. The summed E-state index contributed by atoms with van der Waals surface area (Å²) in [6, 6.07) is 11.9. The molecule has 2 heterocycles. The van der Waals surface area contributed by atoms with Crippen molar-refractivity contribution in [1.82, 2.24) is 0 Å². The fourth-order valence-electron chi connectivity index (χ4n) is 4.25. The van der Waals surface area contributed by atoms with Gasteiger partial charge in [-0.25, -0.2) is 0 Å². The molecule has 0 amide bonds. The Balaban J connectivity index is 2.00. The van der Waals surface area contributed by atoms with Crippen molar-refractivity contribution in [1.29, 1.82) is 0 Å². The highest BCUT2D eigenvalue weighted by Gasteiger charge is 2.74. The van der Waals surface area contributed by atoms with Crippen LogP contribution in [0.2, 0.25) is 0 Å². The summed E-state index contributed by atoms with van der Waals surface area (Å²) >= 11 is 0. The van der Waals surface area contributed by atoms with E-state index in [0.29, 0.717) is 5.75 Å². The van der Waals surface area contributed by atoms with Gasteiger partial charge in [0.25, 0.3) is 0 Å². The predicted molar refractivity (Wildman–Crippen MR) is 102 cm³/mol. The molecule has 1 saturated heterocycles. The summed E-state index contributed by atoms with van der Waals surface area (Å²) in [5.41, 5.74) is -4.82. The van der Waals surface area contributed by atoms with E-state index < -0.39 is 47.9 Å². The first-order chi connectivity index (χ1) is 14.7. The van der Waals surface area contributed by atoms with E-state index >= 15 is 0 Å². The minimum Gasteiger partial charge on any atom is -0.497 e. The topological polar surface area (TPSA) is 166 Å². The molecule has 2 aromatic rings. The second-order valence-corrected chi connectivity index (χ2v) is 7.52. The van der Waals surface area contributed by atoms with Crippen molar-refractivity contribution >= 4 is 5.78 Å². The Hall–Kier alpha value is -2.57. The maximum Gasteiger partial charge on any atom is 0.230 e. The van der Waals surface area contributed by atoms with Crippen LogP contribution < -0.4 is 9.47 Å². The normalized spacial score (nSPS) is 34.2. The van der Waals surface area contributed by atoms with Gasteiger partial charge in [-0.2, -0.15) is 0 Å². The zero-order valence-electron chi connectivity index (χ0n) is 16.4. The number of para-hydroxylation sites is 1. The number of aliphatic hydroxyl groups is 6. The second-order valence-electron chi connectivity index (χ2n) is 7.52. The number of hydrogen-bond donors (Lipinski definition) is 6. The van der Waals surface area contributed by atoms with Gasteiger partial charge in [-0.3, -0.25) is 4.79 Å². The van der Waals surface area contributed by atoms with Crippen LogP contribution in [0.5, 0.6) is 11.5 Å². The average molecular weight is 434 g/mol. The summed E-state index contributed by atoms with van der Waals surface area (Å²) in [5.74, 6) is -3.59. The number of carbonyl (C=O) groups is 1. The van der Waals surface area contributed by atoms with Crippen molar-refractivity contribution in [3.8, 4) is 11.5 Å². The summed E-state index contributed by atoms with van der Waals surface area (Å²) in [4.78, 5) is 13.7. The predicted octanol–water partition coefficient (Wildman–Crippen LogP) is -1.35. The SMILES string of the molecule is COc1ccc(C2([C@]3(CO)OC(O)[C@@H](O)C(O)(O)[C@H]3O)Oc3ccccc3C2=O)cc1. The summed E-state index contributed by atoms with van der Waals surface area (Å²) < 4.78 is 16.5. The molecule has 0 radical (unpaired) electrons. The largest absolute Gasteiger partial charge is 0.497 e. The highest BCUT2D eigenvalue weighted by atomic mass is 16.7. The Morgan fingerprint density at radius 1 is 1.03 bits per heavy atom. The molecule has 0 spiro atoms. The molecular formula is C21H22O10. The van der Waals surface area contributed by atoms with Gasteiger partial charge in [-0.15, -0.1) is 0 Å². The Bertz CT molecular complexity index is 990. The molecule has 2 unspecified atom stereocenters. The summed E-state index contributed by atoms with van der Waals surface area (Å²) in [6.07, 6.45) is -7.11. The molecule has 0 aliphatic carbocycles. The van der Waals surface area contributed by atoms with E-state index in [1.807, 2.05) is 0 Å². The van der Waals surface area contributed by atoms with Gasteiger partial charge in [0.05, 0.1) is 19.3 Å². The van der Waals surface area contributed by atoms with Crippen LogP contribution in [0.15, 0.2) is 48.5 Å². The van der Waals surface area contributed by atoms with Gasteiger partial charge >= 0.3 is 0 Å². The van der Waals surface area contributed by atoms with Gasteiger partial charge in [0.15, 0.2) is 18.0 Å². The Labute approximate surface area is 176 Å². The Kier molecular flexibility index (Phi) is 5.06. The second kappa shape index (κ2) is 7.24. The fourth-order valence-corrected chi connectivity index (χ4v) is 4.25. The lowest BCUT2D eigenvalue weighted by atomic mass is 9.67. The number of fused-ring (bicyclic) bond motifs is 1. The lowest BCUT2D eigenvalue weighted by Crippen LogP contribution is -2.79. The maximum absolute atomic E-state index is 13.7. The molecule has 0 bridgehead atoms. The van der Waals surface area contributed by atoms with E-state index in [9.17, 15) is 35.4 Å². The molecule has 5 atom stereocenters. The molecule has 0 saturated carbocycles. The average Bonchev–Trinajstić information content (AvgIpc) is 3.09. The highest BCUT2D eigenvalue weighted by Crippen LogP contribution is 2.53. The lowest BCUT2D eigenvalue weighted by molar-refractivity contribution is -0.424. The number of ketones is 1. The molecule has 0 aromatic heterocycles. The van der Waals surface area contributed by atoms with Gasteiger partial charge in [0.1, 0.15) is 17.6 Å². The van der Waals surface area contributed by atoms with Crippen LogP contribution in [-0.4, -0.2) is 80.0 Å². The van der Waals surface area contributed by atoms with Gasteiger partial charge in [-0.1, -0.05) is 24.3 Å². The van der Waals surface area contributed by atoms with E-state index in [2.05, 4.69) is 0 Å². The van der Waals surface area contributed by atoms with Crippen LogP contribution in [0.3, 0.4) is 0 Å². The molecule has 31 heavy (non-hydrogen) atoms. The van der Waals surface area contributed by atoms with Crippen molar-refractivity contribution in [3.05, 3.63) is 59.7 Å². The standard InChI is InChI=1S/C21H22O10/c1-29-12-8-6-11(7-9-12)20(15(23)13-4-2-3-5-14(13)30-20)19(10-22)18(26)21(27,28)16(24)17(25)31-19/h2-9,16-18,22,24-28H,10H2,1H3/t16-,17?,18+,19-,20?/m1/s1.